The summed E-state index contributed by atoms with van der Waals surface area (Å²) in [5.41, 5.74) is 8.87. The van der Waals surface area contributed by atoms with Crippen LogP contribution < -0.4 is 10.5 Å². The fraction of sp³-hybridized carbons (Fsp3) is 0.278. The number of fused-ring (bicyclic) bond motifs is 1. The smallest absolute Gasteiger partial charge is 0.191 e. The number of thioether (sulfide) groups is 1. The quantitative estimate of drug-likeness (QED) is 0.406. The molecule has 0 bridgehead atoms. The molecule has 2 aromatic heterocycles. The van der Waals surface area contributed by atoms with Gasteiger partial charge in [-0.25, -0.2) is 9.97 Å². The Morgan fingerprint density at radius 1 is 1.32 bits per heavy atom. The molecule has 5 nitrogen and oxygen atoms in total. The average Bonchev–Trinajstić information content (AvgIpc) is 2.87. The van der Waals surface area contributed by atoms with Crippen molar-refractivity contribution in [2.24, 2.45) is 0 Å². The minimum atomic E-state index is 0.0281. The Bertz CT molecular complexity index is 967. The zero-order chi connectivity index (χ0) is 18.1. The third-order valence-electron chi connectivity index (χ3n) is 4.08. The highest BCUT2D eigenvalue weighted by Gasteiger charge is 2.14. The SMILES string of the molecule is COc1ccc(C(C)=O)cc1CSc1nc(N)c2c(C)c(C)sc2n1. The van der Waals surface area contributed by atoms with Gasteiger partial charge in [0.1, 0.15) is 16.4 Å². The van der Waals surface area contributed by atoms with E-state index in [0.29, 0.717) is 22.3 Å². The molecular formula is C18H19N3O2S2. The maximum Gasteiger partial charge on any atom is 0.191 e. The lowest BCUT2D eigenvalue weighted by Gasteiger charge is -2.09. The number of nitrogens with zero attached hydrogens (tertiary/aromatic N) is 2. The normalized spacial score (nSPS) is 11.0. The lowest BCUT2D eigenvalue weighted by atomic mass is 10.1. The maximum absolute atomic E-state index is 11.6. The first kappa shape index (κ1) is 17.7. The summed E-state index contributed by atoms with van der Waals surface area (Å²) in [6.45, 7) is 5.66. The minimum absolute atomic E-state index is 0.0281. The van der Waals surface area contributed by atoms with E-state index in [-0.39, 0.29) is 5.78 Å². The number of aromatic nitrogens is 2. The standard InChI is InChI=1S/C18H19N3O2S2/c1-9-11(3)25-17-15(9)16(19)20-18(21-17)24-8-13-7-12(10(2)22)5-6-14(13)23-4/h5-7H,8H2,1-4H3,(H2,19,20,21). The van der Waals surface area contributed by atoms with E-state index in [4.69, 9.17) is 10.5 Å². The van der Waals surface area contributed by atoms with Gasteiger partial charge in [0.2, 0.25) is 0 Å². The van der Waals surface area contributed by atoms with E-state index in [1.54, 1.807) is 31.4 Å². The van der Waals surface area contributed by atoms with Gasteiger partial charge in [-0.15, -0.1) is 11.3 Å². The van der Waals surface area contributed by atoms with Crippen LogP contribution in [-0.2, 0) is 5.75 Å². The van der Waals surface area contributed by atoms with Crippen LogP contribution in [0.2, 0.25) is 0 Å². The van der Waals surface area contributed by atoms with E-state index in [9.17, 15) is 4.79 Å². The maximum atomic E-state index is 11.6. The number of hydrogen-bond acceptors (Lipinski definition) is 7. The minimum Gasteiger partial charge on any atom is -0.496 e. The van der Waals surface area contributed by atoms with Crippen LogP contribution in [0.5, 0.6) is 5.75 Å². The van der Waals surface area contributed by atoms with E-state index in [1.807, 2.05) is 19.1 Å². The third kappa shape index (κ3) is 3.48. The predicted octanol–water partition coefficient (Wildman–Crippen LogP) is 4.39. The van der Waals surface area contributed by atoms with Crippen molar-refractivity contribution in [3.05, 3.63) is 39.8 Å². The number of carbonyl (C=O) groups is 1. The van der Waals surface area contributed by atoms with Crippen LogP contribution >= 0.6 is 23.1 Å². The van der Waals surface area contributed by atoms with Gasteiger partial charge >= 0.3 is 0 Å². The van der Waals surface area contributed by atoms with Crippen LogP contribution in [-0.4, -0.2) is 22.9 Å². The van der Waals surface area contributed by atoms with Gasteiger partial charge in [-0.05, 0) is 44.5 Å². The summed E-state index contributed by atoms with van der Waals surface area (Å²) in [6.07, 6.45) is 0. The van der Waals surface area contributed by atoms with E-state index >= 15 is 0 Å². The summed E-state index contributed by atoms with van der Waals surface area (Å²) in [5, 5.41) is 1.57. The lowest BCUT2D eigenvalue weighted by molar-refractivity contribution is 0.101. The molecule has 0 aliphatic heterocycles. The molecule has 1 aromatic carbocycles. The number of ketones is 1. The monoisotopic (exact) mass is 373 g/mol. The second kappa shape index (κ2) is 7.01. The van der Waals surface area contributed by atoms with Crippen molar-refractivity contribution in [1.29, 1.82) is 0 Å². The molecule has 0 aliphatic carbocycles. The first-order valence-corrected chi connectivity index (χ1v) is 9.54. The van der Waals surface area contributed by atoms with E-state index in [0.717, 1.165) is 27.1 Å². The molecule has 2 N–H and O–H groups in total. The van der Waals surface area contributed by atoms with Crippen molar-refractivity contribution in [3.63, 3.8) is 0 Å². The van der Waals surface area contributed by atoms with Crippen LogP contribution in [0.3, 0.4) is 0 Å². The number of carbonyl (C=O) groups excluding carboxylic acids is 1. The number of hydrogen-bond donors (Lipinski definition) is 1. The molecule has 0 unspecified atom stereocenters. The Balaban J connectivity index is 1.90. The highest BCUT2D eigenvalue weighted by molar-refractivity contribution is 7.98. The molecular weight excluding hydrogens is 354 g/mol. The highest BCUT2D eigenvalue weighted by atomic mass is 32.2. The zero-order valence-electron chi connectivity index (χ0n) is 14.5. The van der Waals surface area contributed by atoms with Gasteiger partial charge in [0.15, 0.2) is 10.9 Å². The van der Waals surface area contributed by atoms with Gasteiger partial charge in [-0.2, -0.15) is 0 Å². The first-order valence-electron chi connectivity index (χ1n) is 7.74. The second-order valence-corrected chi connectivity index (χ2v) is 7.87. The molecule has 3 aromatic rings. The number of nitrogen functional groups attached to an aromatic ring is 1. The fourth-order valence-corrected chi connectivity index (χ4v) is 4.50. The van der Waals surface area contributed by atoms with E-state index < -0.39 is 0 Å². The van der Waals surface area contributed by atoms with Crippen LogP contribution in [0, 0.1) is 13.8 Å². The van der Waals surface area contributed by atoms with Crippen molar-refractivity contribution in [3.8, 4) is 5.75 Å². The molecule has 25 heavy (non-hydrogen) atoms. The Morgan fingerprint density at radius 3 is 2.76 bits per heavy atom. The second-order valence-electron chi connectivity index (χ2n) is 5.73. The third-order valence-corrected chi connectivity index (χ3v) is 6.08. The number of methoxy groups -OCH3 is 1. The number of benzene rings is 1. The number of nitrogens with two attached hydrogens (primary N) is 1. The molecule has 0 saturated heterocycles. The summed E-state index contributed by atoms with van der Waals surface area (Å²) in [5.74, 6) is 1.88. The Morgan fingerprint density at radius 2 is 2.08 bits per heavy atom. The largest absolute Gasteiger partial charge is 0.496 e. The molecule has 0 spiro atoms. The zero-order valence-corrected chi connectivity index (χ0v) is 16.2. The van der Waals surface area contributed by atoms with E-state index in [1.165, 1.54) is 16.6 Å². The number of thiophene rings is 1. The highest BCUT2D eigenvalue weighted by Crippen LogP contribution is 2.34. The topological polar surface area (TPSA) is 78.1 Å². The Hall–Kier alpha value is -2.12. The van der Waals surface area contributed by atoms with Crippen LogP contribution in [0.25, 0.3) is 10.2 Å². The number of aryl methyl sites for hydroxylation is 2. The van der Waals surface area contributed by atoms with Crippen LogP contribution in [0.1, 0.15) is 33.3 Å². The predicted molar refractivity (Wildman–Crippen MR) is 104 cm³/mol. The summed E-state index contributed by atoms with van der Waals surface area (Å²) in [7, 11) is 1.62. The molecule has 2 heterocycles. The lowest BCUT2D eigenvalue weighted by Crippen LogP contribution is -1.98. The van der Waals surface area contributed by atoms with Gasteiger partial charge < -0.3 is 10.5 Å². The summed E-state index contributed by atoms with van der Waals surface area (Å²) in [4.78, 5) is 22.8. The summed E-state index contributed by atoms with van der Waals surface area (Å²) in [6, 6.07) is 5.44. The van der Waals surface area contributed by atoms with E-state index in [2.05, 4.69) is 16.9 Å². The Kier molecular flexibility index (Phi) is 4.96. The fourth-order valence-electron chi connectivity index (χ4n) is 2.58. The first-order chi connectivity index (χ1) is 11.9. The van der Waals surface area contributed by atoms with Gasteiger partial charge in [0.05, 0.1) is 12.5 Å². The molecule has 0 saturated carbocycles. The molecule has 0 fully saturated rings. The van der Waals surface area contributed by atoms with Crippen molar-refractivity contribution >= 4 is 44.9 Å². The van der Waals surface area contributed by atoms with Crippen LogP contribution in [0.15, 0.2) is 23.4 Å². The summed E-state index contributed by atoms with van der Waals surface area (Å²) >= 11 is 3.11. The Labute approximate surface area is 154 Å². The van der Waals surface area contributed by atoms with Gasteiger partial charge in [0, 0.05) is 21.8 Å². The van der Waals surface area contributed by atoms with Crippen molar-refractivity contribution < 1.29 is 9.53 Å². The van der Waals surface area contributed by atoms with Gasteiger partial charge in [0.25, 0.3) is 0 Å². The molecule has 0 amide bonds. The number of Topliss-reactive ketones (excluding diaryl/α,β-unsaturated/α-hetero) is 1. The summed E-state index contributed by atoms with van der Waals surface area (Å²) < 4.78 is 5.39. The van der Waals surface area contributed by atoms with Gasteiger partial charge in [-0.1, -0.05) is 11.8 Å². The molecule has 0 aliphatic rings. The number of anilines is 1. The van der Waals surface area contributed by atoms with Gasteiger partial charge in [-0.3, -0.25) is 4.79 Å². The molecule has 0 atom stereocenters. The molecule has 0 radical (unpaired) electrons. The molecule has 130 valence electrons. The van der Waals surface area contributed by atoms with Crippen molar-refractivity contribution in [2.75, 3.05) is 12.8 Å². The van der Waals surface area contributed by atoms with Crippen LogP contribution in [0.4, 0.5) is 5.82 Å². The van der Waals surface area contributed by atoms with Crippen molar-refractivity contribution in [1.82, 2.24) is 9.97 Å². The molecule has 3 rings (SSSR count). The number of ether oxygens (including phenoxy) is 1. The van der Waals surface area contributed by atoms with Crippen molar-refractivity contribution in [2.45, 2.75) is 31.7 Å². The number of rotatable bonds is 5. The average molecular weight is 374 g/mol. The molecule has 7 heteroatoms.